The molecule has 106 valence electrons. The van der Waals surface area contributed by atoms with Gasteiger partial charge in [-0.25, -0.2) is 9.97 Å². The number of nitrogens with two attached hydrogens (primary N) is 2. The lowest BCUT2D eigenvalue weighted by atomic mass is 10.4. The molecule has 0 radical (unpaired) electrons. The molecule has 0 unspecified atom stereocenters. The SMILES string of the molecule is CSc1nc(SCC(N)=O)nc(SCC(N)=O)c1C#N. The van der Waals surface area contributed by atoms with Crippen molar-refractivity contribution in [3.63, 3.8) is 0 Å². The number of hydrogen-bond acceptors (Lipinski definition) is 8. The number of thioether (sulfide) groups is 3. The lowest BCUT2D eigenvalue weighted by Gasteiger charge is -2.07. The normalized spacial score (nSPS) is 10.0. The summed E-state index contributed by atoms with van der Waals surface area (Å²) in [5, 5.41) is 10.3. The first-order chi connectivity index (χ1) is 9.47. The van der Waals surface area contributed by atoms with Gasteiger partial charge < -0.3 is 11.5 Å². The fourth-order valence-electron chi connectivity index (χ4n) is 1.09. The molecule has 0 atom stereocenters. The molecule has 10 heteroatoms. The molecule has 0 bridgehead atoms. The Balaban J connectivity index is 3.10. The van der Waals surface area contributed by atoms with Crippen LogP contribution in [0.1, 0.15) is 5.56 Å². The minimum atomic E-state index is -0.505. The average Bonchev–Trinajstić information content (AvgIpc) is 2.41. The van der Waals surface area contributed by atoms with Crippen molar-refractivity contribution >= 4 is 47.1 Å². The third kappa shape index (κ3) is 4.92. The zero-order valence-electron chi connectivity index (χ0n) is 10.5. The van der Waals surface area contributed by atoms with E-state index in [0.29, 0.717) is 20.8 Å². The van der Waals surface area contributed by atoms with Crippen LogP contribution in [0, 0.1) is 11.3 Å². The molecule has 1 aromatic rings. The molecule has 0 aliphatic carbocycles. The molecule has 0 fully saturated rings. The number of aromatic nitrogens is 2. The van der Waals surface area contributed by atoms with Crippen LogP contribution in [0.2, 0.25) is 0 Å². The predicted molar refractivity (Wildman–Crippen MR) is 78.4 cm³/mol. The minimum Gasteiger partial charge on any atom is -0.369 e. The van der Waals surface area contributed by atoms with Gasteiger partial charge in [0.05, 0.1) is 11.5 Å². The molecule has 0 aliphatic heterocycles. The summed E-state index contributed by atoms with van der Waals surface area (Å²) in [5.41, 5.74) is 10.4. The summed E-state index contributed by atoms with van der Waals surface area (Å²) in [7, 11) is 0. The molecular weight excluding hydrogens is 318 g/mol. The molecule has 0 aliphatic rings. The summed E-state index contributed by atoms with van der Waals surface area (Å²) >= 11 is 3.43. The first kappa shape index (κ1) is 16.6. The van der Waals surface area contributed by atoms with Crippen LogP contribution in [-0.2, 0) is 9.59 Å². The van der Waals surface area contributed by atoms with Crippen molar-refractivity contribution in [3.05, 3.63) is 5.56 Å². The number of rotatable bonds is 7. The van der Waals surface area contributed by atoms with Crippen LogP contribution in [0.3, 0.4) is 0 Å². The van der Waals surface area contributed by atoms with E-state index in [-0.39, 0.29) is 11.5 Å². The predicted octanol–water partition coefficient (Wildman–Crippen LogP) is 0.225. The standard InChI is InChI=1S/C10H11N5O2S3/c1-18-8-5(2-11)9(19-3-6(12)16)15-10(14-8)20-4-7(13)17/h3-4H2,1H3,(H2,12,16)(H2,13,17). The van der Waals surface area contributed by atoms with Gasteiger partial charge in [-0.1, -0.05) is 23.5 Å². The van der Waals surface area contributed by atoms with Gasteiger partial charge >= 0.3 is 0 Å². The summed E-state index contributed by atoms with van der Waals surface area (Å²) in [4.78, 5) is 29.9. The Morgan fingerprint density at radius 2 is 1.70 bits per heavy atom. The Morgan fingerprint density at radius 3 is 2.20 bits per heavy atom. The number of carbonyl (C=O) groups is 2. The van der Waals surface area contributed by atoms with E-state index in [4.69, 9.17) is 16.7 Å². The Morgan fingerprint density at radius 1 is 1.15 bits per heavy atom. The van der Waals surface area contributed by atoms with E-state index in [1.54, 1.807) is 6.26 Å². The van der Waals surface area contributed by atoms with E-state index in [9.17, 15) is 9.59 Å². The molecule has 4 N–H and O–H groups in total. The molecule has 1 heterocycles. The van der Waals surface area contributed by atoms with Gasteiger partial charge in [-0.3, -0.25) is 9.59 Å². The molecule has 0 saturated carbocycles. The van der Waals surface area contributed by atoms with Crippen molar-refractivity contribution in [1.29, 1.82) is 5.26 Å². The largest absolute Gasteiger partial charge is 0.369 e. The Hall–Kier alpha value is -1.44. The number of primary amides is 2. The number of nitriles is 1. The number of hydrogen-bond donors (Lipinski definition) is 2. The van der Waals surface area contributed by atoms with E-state index < -0.39 is 11.8 Å². The first-order valence-corrected chi connectivity index (χ1v) is 8.35. The maximum atomic E-state index is 10.8. The van der Waals surface area contributed by atoms with Crippen LogP contribution < -0.4 is 11.5 Å². The fourth-order valence-corrected chi connectivity index (χ4v) is 3.09. The maximum Gasteiger partial charge on any atom is 0.227 e. The highest BCUT2D eigenvalue weighted by Crippen LogP contribution is 2.29. The lowest BCUT2D eigenvalue weighted by molar-refractivity contribution is -0.116. The van der Waals surface area contributed by atoms with Crippen LogP contribution in [0.15, 0.2) is 15.2 Å². The lowest BCUT2D eigenvalue weighted by Crippen LogP contribution is -2.14. The molecule has 0 aromatic carbocycles. The highest BCUT2D eigenvalue weighted by molar-refractivity contribution is 8.00. The second-order valence-corrected chi connectivity index (χ2v) is 6.02. The summed E-state index contributed by atoms with van der Waals surface area (Å²) in [5.74, 6) is -0.937. The van der Waals surface area contributed by atoms with E-state index in [1.165, 1.54) is 11.8 Å². The van der Waals surface area contributed by atoms with Crippen molar-refractivity contribution < 1.29 is 9.59 Å². The third-order valence-electron chi connectivity index (χ3n) is 1.82. The molecule has 1 rings (SSSR count). The van der Waals surface area contributed by atoms with Crippen molar-refractivity contribution in [2.24, 2.45) is 11.5 Å². The zero-order chi connectivity index (χ0) is 15.1. The topological polar surface area (TPSA) is 136 Å². The molecule has 0 spiro atoms. The zero-order valence-corrected chi connectivity index (χ0v) is 12.9. The van der Waals surface area contributed by atoms with Gasteiger partial charge in [0.25, 0.3) is 0 Å². The third-order valence-corrected chi connectivity index (χ3v) is 4.37. The van der Waals surface area contributed by atoms with Crippen LogP contribution >= 0.6 is 35.3 Å². The van der Waals surface area contributed by atoms with Crippen molar-refractivity contribution in [2.75, 3.05) is 17.8 Å². The monoisotopic (exact) mass is 329 g/mol. The van der Waals surface area contributed by atoms with Crippen molar-refractivity contribution in [1.82, 2.24) is 9.97 Å². The summed E-state index contributed by atoms with van der Waals surface area (Å²) in [6.45, 7) is 0. The summed E-state index contributed by atoms with van der Waals surface area (Å²) in [6, 6.07) is 2.01. The van der Waals surface area contributed by atoms with Gasteiger partial charge in [-0.05, 0) is 6.26 Å². The Kier molecular flexibility index (Phi) is 6.63. The van der Waals surface area contributed by atoms with E-state index in [0.717, 1.165) is 23.5 Å². The highest BCUT2D eigenvalue weighted by atomic mass is 32.2. The van der Waals surface area contributed by atoms with Crippen LogP contribution in [0.4, 0.5) is 0 Å². The van der Waals surface area contributed by atoms with Gasteiger partial charge in [0.15, 0.2) is 5.16 Å². The Bertz CT molecular complexity index is 573. The molecule has 20 heavy (non-hydrogen) atoms. The van der Waals surface area contributed by atoms with Gasteiger partial charge in [-0.2, -0.15) is 5.26 Å². The average molecular weight is 329 g/mol. The van der Waals surface area contributed by atoms with E-state index in [1.807, 2.05) is 6.07 Å². The van der Waals surface area contributed by atoms with Gasteiger partial charge in [0.1, 0.15) is 21.7 Å². The quantitative estimate of drug-likeness (QED) is 0.412. The van der Waals surface area contributed by atoms with E-state index >= 15 is 0 Å². The second-order valence-electron chi connectivity index (χ2n) is 3.32. The molecule has 2 amide bonds. The van der Waals surface area contributed by atoms with E-state index in [2.05, 4.69) is 9.97 Å². The maximum absolute atomic E-state index is 10.8. The van der Waals surface area contributed by atoms with Gasteiger partial charge in [0.2, 0.25) is 11.8 Å². The molecule has 0 saturated heterocycles. The number of nitrogens with zero attached hydrogens (tertiary/aromatic N) is 3. The second kappa shape index (κ2) is 7.98. The highest BCUT2D eigenvalue weighted by Gasteiger charge is 2.15. The molecule has 7 nitrogen and oxygen atoms in total. The summed E-state index contributed by atoms with van der Waals surface area (Å²) in [6.07, 6.45) is 1.77. The van der Waals surface area contributed by atoms with Crippen molar-refractivity contribution in [2.45, 2.75) is 15.2 Å². The molecule has 1 aromatic heterocycles. The smallest absolute Gasteiger partial charge is 0.227 e. The molecular formula is C10H11N5O2S3. The fraction of sp³-hybridized carbons (Fsp3) is 0.300. The van der Waals surface area contributed by atoms with Crippen LogP contribution in [0.5, 0.6) is 0 Å². The van der Waals surface area contributed by atoms with Crippen LogP contribution in [0.25, 0.3) is 0 Å². The number of amides is 2. The first-order valence-electron chi connectivity index (χ1n) is 5.16. The Labute approximate surface area is 128 Å². The van der Waals surface area contributed by atoms with Gasteiger partial charge in [-0.15, -0.1) is 11.8 Å². The van der Waals surface area contributed by atoms with Gasteiger partial charge in [0, 0.05) is 0 Å². The minimum absolute atomic E-state index is 0.0133. The number of carbonyl (C=O) groups excluding carboxylic acids is 2. The van der Waals surface area contributed by atoms with Crippen LogP contribution in [-0.4, -0.2) is 39.5 Å². The van der Waals surface area contributed by atoms with Crippen molar-refractivity contribution in [3.8, 4) is 6.07 Å². The summed E-state index contributed by atoms with van der Waals surface area (Å²) < 4.78 is 0.